The minimum Gasteiger partial charge on any atom is -0.466 e. The van der Waals surface area contributed by atoms with Gasteiger partial charge in [0, 0.05) is 13.5 Å². The second-order valence-electron chi connectivity index (χ2n) is 5.46. The number of hydrogen-bond donors (Lipinski definition) is 0. The van der Waals surface area contributed by atoms with Crippen molar-refractivity contribution >= 4 is 5.97 Å². The third kappa shape index (κ3) is 7.29. The van der Waals surface area contributed by atoms with Gasteiger partial charge in [0.1, 0.15) is 0 Å². The van der Waals surface area contributed by atoms with Gasteiger partial charge in [0.15, 0.2) is 0 Å². The number of esters is 1. The van der Waals surface area contributed by atoms with Crippen molar-refractivity contribution in [2.24, 2.45) is 11.8 Å². The van der Waals surface area contributed by atoms with Gasteiger partial charge >= 0.3 is 5.97 Å². The van der Waals surface area contributed by atoms with Gasteiger partial charge in [-0.3, -0.25) is 4.79 Å². The highest BCUT2D eigenvalue weighted by Gasteiger charge is 2.13. The Labute approximate surface area is 122 Å². The smallest absolute Gasteiger partial charge is 0.302 e. The Kier molecular flexibility index (Phi) is 7.97. The van der Waals surface area contributed by atoms with Crippen LogP contribution >= 0.6 is 0 Å². The summed E-state index contributed by atoms with van der Waals surface area (Å²) in [6.07, 6.45) is 1.91. The molecule has 1 aromatic rings. The number of rotatable bonds is 9. The van der Waals surface area contributed by atoms with Crippen LogP contribution in [0.4, 0.5) is 0 Å². The van der Waals surface area contributed by atoms with E-state index in [1.54, 1.807) is 0 Å². The molecule has 0 aromatic heterocycles. The number of ether oxygens (including phenoxy) is 2. The monoisotopic (exact) mass is 278 g/mol. The lowest BCUT2D eigenvalue weighted by Gasteiger charge is -2.20. The van der Waals surface area contributed by atoms with Crippen LogP contribution in [0, 0.1) is 11.8 Å². The third-order valence-electron chi connectivity index (χ3n) is 3.48. The standard InChI is InChI=1S/C17H26O3/c1-14(2)17(10-12-20-15(3)18)9-11-19-13-16-7-5-4-6-8-16/h4-8,14,17H,9-13H2,1-3H3/t17-/m0/s1. The summed E-state index contributed by atoms with van der Waals surface area (Å²) in [6, 6.07) is 10.2. The number of hydrogen-bond acceptors (Lipinski definition) is 3. The molecule has 112 valence electrons. The van der Waals surface area contributed by atoms with Gasteiger partial charge in [0.2, 0.25) is 0 Å². The maximum Gasteiger partial charge on any atom is 0.302 e. The lowest BCUT2D eigenvalue weighted by Crippen LogP contribution is -2.15. The first-order chi connectivity index (χ1) is 9.59. The molecule has 0 fully saturated rings. The molecule has 3 heteroatoms. The number of carbonyl (C=O) groups is 1. The SMILES string of the molecule is CC(=O)OCC[C@H](CCOCc1ccccc1)C(C)C. The Hall–Kier alpha value is -1.35. The van der Waals surface area contributed by atoms with Crippen molar-refractivity contribution in [3.8, 4) is 0 Å². The van der Waals surface area contributed by atoms with Crippen LogP contribution in [0.25, 0.3) is 0 Å². The molecule has 3 nitrogen and oxygen atoms in total. The van der Waals surface area contributed by atoms with Gasteiger partial charge in [-0.25, -0.2) is 0 Å². The number of carbonyl (C=O) groups excluding carboxylic acids is 1. The lowest BCUT2D eigenvalue weighted by atomic mass is 9.90. The van der Waals surface area contributed by atoms with E-state index >= 15 is 0 Å². The Morgan fingerprint density at radius 1 is 1.10 bits per heavy atom. The van der Waals surface area contributed by atoms with Crippen molar-refractivity contribution < 1.29 is 14.3 Å². The molecule has 1 aromatic carbocycles. The summed E-state index contributed by atoms with van der Waals surface area (Å²) in [7, 11) is 0. The fraction of sp³-hybridized carbons (Fsp3) is 0.588. The highest BCUT2D eigenvalue weighted by atomic mass is 16.5. The molecule has 0 bridgehead atoms. The molecule has 0 aliphatic carbocycles. The van der Waals surface area contributed by atoms with E-state index in [2.05, 4.69) is 26.0 Å². The molecule has 0 saturated carbocycles. The van der Waals surface area contributed by atoms with E-state index in [-0.39, 0.29) is 5.97 Å². The largest absolute Gasteiger partial charge is 0.466 e. The van der Waals surface area contributed by atoms with E-state index < -0.39 is 0 Å². The quantitative estimate of drug-likeness (QED) is 0.509. The normalized spacial score (nSPS) is 12.4. The van der Waals surface area contributed by atoms with Gasteiger partial charge in [-0.2, -0.15) is 0 Å². The summed E-state index contributed by atoms with van der Waals surface area (Å²) in [6.45, 7) is 7.78. The van der Waals surface area contributed by atoms with Gasteiger partial charge in [-0.15, -0.1) is 0 Å². The fourth-order valence-corrected chi connectivity index (χ4v) is 2.16. The topological polar surface area (TPSA) is 35.5 Å². The molecular formula is C17H26O3. The summed E-state index contributed by atoms with van der Waals surface area (Å²) < 4.78 is 10.7. The van der Waals surface area contributed by atoms with Crippen molar-refractivity contribution in [3.05, 3.63) is 35.9 Å². The summed E-state index contributed by atoms with van der Waals surface area (Å²) in [5.41, 5.74) is 1.20. The minimum absolute atomic E-state index is 0.201. The Morgan fingerprint density at radius 3 is 2.35 bits per heavy atom. The van der Waals surface area contributed by atoms with Crippen LogP contribution in [0.2, 0.25) is 0 Å². The third-order valence-corrected chi connectivity index (χ3v) is 3.48. The summed E-state index contributed by atoms with van der Waals surface area (Å²) >= 11 is 0. The maximum atomic E-state index is 10.8. The average molecular weight is 278 g/mol. The summed E-state index contributed by atoms with van der Waals surface area (Å²) in [5, 5.41) is 0. The van der Waals surface area contributed by atoms with E-state index in [1.807, 2.05) is 18.2 Å². The molecule has 0 N–H and O–H groups in total. The summed E-state index contributed by atoms with van der Waals surface area (Å²) in [4.78, 5) is 10.8. The molecular weight excluding hydrogens is 252 g/mol. The van der Waals surface area contributed by atoms with E-state index in [0.29, 0.717) is 25.0 Å². The zero-order chi connectivity index (χ0) is 14.8. The van der Waals surface area contributed by atoms with E-state index in [4.69, 9.17) is 9.47 Å². The van der Waals surface area contributed by atoms with E-state index in [0.717, 1.165) is 19.4 Å². The predicted molar refractivity (Wildman–Crippen MR) is 80.3 cm³/mol. The zero-order valence-electron chi connectivity index (χ0n) is 12.8. The minimum atomic E-state index is -0.201. The summed E-state index contributed by atoms with van der Waals surface area (Å²) in [5.74, 6) is 0.906. The first-order valence-corrected chi connectivity index (χ1v) is 7.34. The van der Waals surface area contributed by atoms with Crippen LogP contribution in [0.1, 0.15) is 39.2 Å². The van der Waals surface area contributed by atoms with Gasteiger partial charge in [0.05, 0.1) is 13.2 Å². The van der Waals surface area contributed by atoms with Crippen LogP contribution in [-0.2, 0) is 20.9 Å². The molecule has 0 unspecified atom stereocenters. The molecule has 0 aliphatic rings. The van der Waals surface area contributed by atoms with Crippen LogP contribution in [0.3, 0.4) is 0 Å². The highest BCUT2D eigenvalue weighted by molar-refractivity contribution is 5.65. The molecule has 0 spiro atoms. The molecule has 0 radical (unpaired) electrons. The second kappa shape index (κ2) is 9.54. The number of benzene rings is 1. The zero-order valence-corrected chi connectivity index (χ0v) is 12.8. The molecule has 0 aliphatic heterocycles. The first kappa shape index (κ1) is 16.7. The Balaban J connectivity index is 2.20. The predicted octanol–water partition coefficient (Wildman–Crippen LogP) is 3.82. The highest BCUT2D eigenvalue weighted by Crippen LogP contribution is 2.19. The van der Waals surface area contributed by atoms with E-state index in [9.17, 15) is 4.79 Å². The molecule has 20 heavy (non-hydrogen) atoms. The van der Waals surface area contributed by atoms with Crippen LogP contribution in [-0.4, -0.2) is 19.2 Å². The molecule has 0 amide bonds. The van der Waals surface area contributed by atoms with Gasteiger partial charge in [-0.05, 0) is 30.2 Å². The first-order valence-electron chi connectivity index (χ1n) is 7.34. The lowest BCUT2D eigenvalue weighted by molar-refractivity contribution is -0.141. The fourth-order valence-electron chi connectivity index (χ4n) is 2.16. The Morgan fingerprint density at radius 2 is 1.75 bits per heavy atom. The molecule has 0 heterocycles. The average Bonchev–Trinajstić information content (AvgIpc) is 2.42. The van der Waals surface area contributed by atoms with Crippen molar-refractivity contribution in [2.75, 3.05) is 13.2 Å². The maximum absolute atomic E-state index is 10.8. The van der Waals surface area contributed by atoms with Crippen LogP contribution in [0.5, 0.6) is 0 Å². The van der Waals surface area contributed by atoms with Gasteiger partial charge < -0.3 is 9.47 Å². The van der Waals surface area contributed by atoms with Gasteiger partial charge in [0.25, 0.3) is 0 Å². The Bertz CT molecular complexity index is 373. The van der Waals surface area contributed by atoms with Gasteiger partial charge in [-0.1, -0.05) is 44.2 Å². The molecule has 1 atom stereocenters. The van der Waals surface area contributed by atoms with Crippen molar-refractivity contribution in [1.29, 1.82) is 0 Å². The van der Waals surface area contributed by atoms with Crippen molar-refractivity contribution in [2.45, 2.75) is 40.2 Å². The van der Waals surface area contributed by atoms with Crippen molar-refractivity contribution in [3.63, 3.8) is 0 Å². The second-order valence-corrected chi connectivity index (χ2v) is 5.46. The van der Waals surface area contributed by atoms with Crippen LogP contribution in [0.15, 0.2) is 30.3 Å². The van der Waals surface area contributed by atoms with Crippen LogP contribution < -0.4 is 0 Å². The molecule has 0 saturated heterocycles. The van der Waals surface area contributed by atoms with Crippen molar-refractivity contribution in [1.82, 2.24) is 0 Å². The van der Waals surface area contributed by atoms with E-state index in [1.165, 1.54) is 12.5 Å². The molecule has 1 rings (SSSR count).